The van der Waals surface area contributed by atoms with Gasteiger partial charge in [-0.25, -0.2) is 4.79 Å². The zero-order valence-corrected chi connectivity index (χ0v) is 14.6. The van der Waals surface area contributed by atoms with Crippen LogP contribution in [0.4, 0.5) is 0 Å². The van der Waals surface area contributed by atoms with Crippen LogP contribution in [0.5, 0.6) is 5.75 Å². The highest BCUT2D eigenvalue weighted by Crippen LogP contribution is 2.33. The zero-order chi connectivity index (χ0) is 19.0. The number of aryl methyl sites for hydroxylation is 1. The zero-order valence-electron chi connectivity index (χ0n) is 14.6. The van der Waals surface area contributed by atoms with Crippen molar-refractivity contribution in [2.75, 3.05) is 0 Å². The number of carboxylic acids is 1. The van der Waals surface area contributed by atoms with Crippen LogP contribution in [0.1, 0.15) is 34.7 Å². The second-order valence-corrected chi connectivity index (χ2v) is 6.70. The minimum absolute atomic E-state index is 0.0340. The first-order valence-corrected chi connectivity index (χ1v) is 8.87. The number of rotatable bonds is 5. The Morgan fingerprint density at radius 1 is 1.11 bits per heavy atom. The van der Waals surface area contributed by atoms with Gasteiger partial charge in [-0.1, -0.05) is 30.3 Å². The molecule has 2 aromatic carbocycles. The molecule has 0 aliphatic heterocycles. The van der Waals surface area contributed by atoms with Crippen molar-refractivity contribution in [3.63, 3.8) is 0 Å². The standard InChI is InChI=1S/C21H19NO5/c23-17-10-9-14-13-7-4-8-15(13)21(26)27-19(14)16(17)11-22-18(20(24)25)12-5-2-1-3-6-12/h1-3,5-6,9-10,18,22-23H,4,7-8,11H2,(H,24,25)/t18-/m1/s1. The van der Waals surface area contributed by atoms with Crippen molar-refractivity contribution in [1.29, 1.82) is 0 Å². The summed E-state index contributed by atoms with van der Waals surface area (Å²) in [5.41, 5.74) is 2.62. The summed E-state index contributed by atoms with van der Waals surface area (Å²) in [5.74, 6) is -1.06. The van der Waals surface area contributed by atoms with Gasteiger partial charge in [0.15, 0.2) is 0 Å². The van der Waals surface area contributed by atoms with Crippen LogP contribution in [0.25, 0.3) is 11.0 Å². The molecule has 1 atom stereocenters. The van der Waals surface area contributed by atoms with Gasteiger partial charge in [0.25, 0.3) is 0 Å². The summed E-state index contributed by atoms with van der Waals surface area (Å²) in [7, 11) is 0. The monoisotopic (exact) mass is 365 g/mol. The summed E-state index contributed by atoms with van der Waals surface area (Å²) in [6.45, 7) is 0.0523. The van der Waals surface area contributed by atoms with E-state index in [0.29, 0.717) is 28.7 Å². The van der Waals surface area contributed by atoms with Crippen molar-refractivity contribution in [1.82, 2.24) is 5.32 Å². The molecule has 3 aromatic rings. The Morgan fingerprint density at radius 3 is 2.59 bits per heavy atom. The molecule has 0 saturated carbocycles. The summed E-state index contributed by atoms with van der Waals surface area (Å²) in [4.78, 5) is 24.0. The van der Waals surface area contributed by atoms with Gasteiger partial charge in [0.2, 0.25) is 0 Å². The van der Waals surface area contributed by atoms with E-state index in [0.717, 1.165) is 23.8 Å². The van der Waals surface area contributed by atoms with Gasteiger partial charge in [-0.3, -0.25) is 10.1 Å². The van der Waals surface area contributed by atoms with Crippen LogP contribution in [-0.4, -0.2) is 16.2 Å². The molecule has 0 amide bonds. The number of phenols is 1. The fourth-order valence-electron chi connectivity index (χ4n) is 3.76. The molecule has 6 heteroatoms. The lowest BCUT2D eigenvalue weighted by Gasteiger charge is -2.16. The molecule has 1 aromatic heterocycles. The summed E-state index contributed by atoms with van der Waals surface area (Å²) < 4.78 is 5.51. The smallest absolute Gasteiger partial charge is 0.339 e. The molecule has 3 N–H and O–H groups in total. The highest BCUT2D eigenvalue weighted by Gasteiger charge is 2.24. The average Bonchev–Trinajstić information content (AvgIpc) is 3.15. The van der Waals surface area contributed by atoms with E-state index in [2.05, 4.69) is 5.32 Å². The molecule has 6 nitrogen and oxygen atoms in total. The van der Waals surface area contributed by atoms with Crippen molar-refractivity contribution < 1.29 is 19.4 Å². The summed E-state index contributed by atoms with van der Waals surface area (Å²) >= 11 is 0. The third-order valence-corrected chi connectivity index (χ3v) is 5.08. The molecule has 1 heterocycles. The number of nitrogens with one attached hydrogen (secondary N) is 1. The van der Waals surface area contributed by atoms with E-state index in [1.54, 1.807) is 36.4 Å². The van der Waals surface area contributed by atoms with Gasteiger partial charge in [-0.2, -0.15) is 0 Å². The number of hydrogen-bond donors (Lipinski definition) is 3. The Morgan fingerprint density at radius 2 is 1.85 bits per heavy atom. The first kappa shape index (κ1) is 17.3. The molecule has 1 aliphatic carbocycles. The fourth-order valence-corrected chi connectivity index (χ4v) is 3.76. The number of aromatic hydroxyl groups is 1. The van der Waals surface area contributed by atoms with E-state index in [4.69, 9.17) is 4.42 Å². The number of phenolic OH excluding ortho intramolecular Hbond substituents is 1. The summed E-state index contributed by atoms with van der Waals surface area (Å²) in [6, 6.07) is 11.2. The van der Waals surface area contributed by atoms with Crippen LogP contribution < -0.4 is 10.9 Å². The lowest BCUT2D eigenvalue weighted by Crippen LogP contribution is -2.28. The van der Waals surface area contributed by atoms with E-state index >= 15 is 0 Å². The normalized spacial score (nSPS) is 14.2. The number of aliphatic carboxylic acids is 1. The quantitative estimate of drug-likeness (QED) is 0.601. The first-order valence-electron chi connectivity index (χ1n) is 8.87. The number of hydrogen-bond acceptors (Lipinski definition) is 5. The topological polar surface area (TPSA) is 99.8 Å². The molecule has 0 saturated heterocycles. The van der Waals surface area contributed by atoms with Gasteiger partial charge in [-0.15, -0.1) is 0 Å². The lowest BCUT2D eigenvalue weighted by atomic mass is 10.0. The third kappa shape index (κ3) is 3.08. The highest BCUT2D eigenvalue weighted by molar-refractivity contribution is 5.86. The van der Waals surface area contributed by atoms with Crippen molar-refractivity contribution in [3.05, 3.63) is 75.1 Å². The van der Waals surface area contributed by atoms with Gasteiger partial charge >= 0.3 is 11.6 Å². The second-order valence-electron chi connectivity index (χ2n) is 6.70. The van der Waals surface area contributed by atoms with Crippen molar-refractivity contribution in [3.8, 4) is 5.75 Å². The molecule has 0 radical (unpaired) electrons. The molecule has 4 rings (SSSR count). The maximum atomic E-state index is 12.3. The van der Waals surface area contributed by atoms with Gasteiger partial charge in [0, 0.05) is 17.5 Å². The number of carboxylic acid groups (broad SMARTS) is 1. The number of carbonyl (C=O) groups is 1. The molecule has 1 aliphatic rings. The van der Waals surface area contributed by atoms with Gasteiger partial charge in [0.05, 0.1) is 5.56 Å². The van der Waals surface area contributed by atoms with Crippen LogP contribution in [0, 0.1) is 0 Å². The molecule has 0 spiro atoms. The molecule has 0 bridgehead atoms. The van der Waals surface area contributed by atoms with E-state index in [9.17, 15) is 19.8 Å². The predicted molar refractivity (Wildman–Crippen MR) is 99.8 cm³/mol. The van der Waals surface area contributed by atoms with Crippen LogP contribution in [0.2, 0.25) is 0 Å². The maximum absolute atomic E-state index is 12.3. The Labute approximate surface area is 155 Å². The van der Waals surface area contributed by atoms with E-state index in [1.165, 1.54) is 0 Å². The lowest BCUT2D eigenvalue weighted by molar-refractivity contribution is -0.139. The van der Waals surface area contributed by atoms with E-state index in [-0.39, 0.29) is 17.9 Å². The molecular weight excluding hydrogens is 346 g/mol. The number of fused-ring (bicyclic) bond motifs is 3. The minimum Gasteiger partial charge on any atom is -0.507 e. The van der Waals surface area contributed by atoms with Crippen molar-refractivity contribution in [2.45, 2.75) is 31.8 Å². The largest absolute Gasteiger partial charge is 0.507 e. The average molecular weight is 365 g/mol. The molecule has 138 valence electrons. The predicted octanol–water partition coefficient (Wildman–Crippen LogP) is 2.90. The van der Waals surface area contributed by atoms with Crippen LogP contribution in [0.15, 0.2) is 51.7 Å². The van der Waals surface area contributed by atoms with Crippen molar-refractivity contribution in [2.24, 2.45) is 0 Å². The molecule has 0 unspecified atom stereocenters. The Hall–Kier alpha value is -3.12. The summed E-state index contributed by atoms with van der Waals surface area (Å²) in [6.07, 6.45) is 2.41. The van der Waals surface area contributed by atoms with Gasteiger partial charge in [0.1, 0.15) is 17.4 Å². The Bertz CT molecular complexity index is 1070. The first-order chi connectivity index (χ1) is 13.1. The molecule has 0 fully saturated rings. The van der Waals surface area contributed by atoms with Crippen LogP contribution >= 0.6 is 0 Å². The fraction of sp³-hybridized carbons (Fsp3) is 0.238. The van der Waals surface area contributed by atoms with Gasteiger partial charge < -0.3 is 14.6 Å². The second kappa shape index (κ2) is 6.89. The van der Waals surface area contributed by atoms with Gasteiger partial charge in [-0.05, 0) is 42.5 Å². The summed E-state index contributed by atoms with van der Waals surface area (Å²) in [5, 5.41) is 23.6. The van der Waals surface area contributed by atoms with Crippen molar-refractivity contribution >= 4 is 16.9 Å². The third-order valence-electron chi connectivity index (χ3n) is 5.08. The Kier molecular flexibility index (Phi) is 4.41. The Balaban J connectivity index is 1.73. The highest BCUT2D eigenvalue weighted by atomic mass is 16.4. The molecular formula is C21H19NO5. The number of benzene rings is 2. The van der Waals surface area contributed by atoms with E-state index < -0.39 is 12.0 Å². The maximum Gasteiger partial charge on any atom is 0.339 e. The minimum atomic E-state index is -1.02. The molecule has 27 heavy (non-hydrogen) atoms. The SMILES string of the molecule is O=C(O)[C@H](NCc1c(O)ccc2c3c(c(=O)oc12)CCC3)c1ccccc1. The van der Waals surface area contributed by atoms with E-state index in [1.807, 2.05) is 6.07 Å². The van der Waals surface area contributed by atoms with Crippen LogP contribution in [-0.2, 0) is 24.2 Å². The van der Waals surface area contributed by atoms with Crippen LogP contribution in [0.3, 0.4) is 0 Å².